The molecule has 0 bridgehead atoms. The molecule has 1 heterocycles. The van der Waals surface area contributed by atoms with Crippen LogP contribution in [0.25, 0.3) is 0 Å². The number of halogens is 3. The van der Waals surface area contributed by atoms with E-state index in [0.29, 0.717) is 5.56 Å². The normalized spacial score (nSPS) is 18.1. The van der Waals surface area contributed by atoms with E-state index in [9.17, 15) is 8.78 Å². The molecule has 1 N–H and O–H groups in total. The Labute approximate surface area is 92.4 Å². The van der Waals surface area contributed by atoms with Gasteiger partial charge in [0.25, 0.3) is 0 Å². The lowest BCUT2D eigenvalue weighted by Gasteiger charge is -2.23. The van der Waals surface area contributed by atoms with Crippen LogP contribution in [0.4, 0.5) is 8.78 Å². The zero-order valence-corrected chi connectivity index (χ0v) is 8.95. The lowest BCUT2D eigenvalue weighted by Crippen LogP contribution is -2.26. The highest BCUT2D eigenvalue weighted by molar-refractivity contribution is 6.31. The number of nitrogens with one attached hydrogen (secondary N) is 1. The second-order valence-electron chi connectivity index (χ2n) is 3.82. The molecule has 0 aromatic heterocycles. The van der Waals surface area contributed by atoms with Gasteiger partial charge in [-0.05, 0) is 43.5 Å². The predicted molar refractivity (Wildman–Crippen MR) is 56.2 cm³/mol. The van der Waals surface area contributed by atoms with Crippen LogP contribution in [0.3, 0.4) is 0 Å². The van der Waals surface area contributed by atoms with E-state index in [2.05, 4.69) is 5.32 Å². The van der Waals surface area contributed by atoms with Crippen molar-refractivity contribution in [1.29, 1.82) is 0 Å². The molecule has 1 aromatic carbocycles. The van der Waals surface area contributed by atoms with Crippen molar-refractivity contribution < 1.29 is 8.78 Å². The Hall–Kier alpha value is -0.670. The topological polar surface area (TPSA) is 12.0 Å². The molecule has 0 atom stereocenters. The minimum Gasteiger partial charge on any atom is -0.317 e. The molecule has 0 spiro atoms. The van der Waals surface area contributed by atoms with E-state index in [1.165, 1.54) is 6.07 Å². The molecule has 0 unspecified atom stereocenters. The van der Waals surface area contributed by atoms with Gasteiger partial charge in [0.2, 0.25) is 0 Å². The molecule has 1 aliphatic heterocycles. The molecule has 0 aliphatic carbocycles. The average Bonchev–Trinajstić information content (AvgIpc) is 2.24. The maximum absolute atomic E-state index is 13.2. The molecule has 0 radical (unpaired) electrons. The Morgan fingerprint density at radius 3 is 2.53 bits per heavy atom. The van der Waals surface area contributed by atoms with Crippen LogP contribution in [-0.2, 0) is 0 Å². The van der Waals surface area contributed by atoms with Crippen molar-refractivity contribution in [1.82, 2.24) is 5.32 Å². The van der Waals surface area contributed by atoms with Gasteiger partial charge in [-0.25, -0.2) is 8.78 Å². The van der Waals surface area contributed by atoms with Gasteiger partial charge in [0.05, 0.1) is 5.02 Å². The van der Waals surface area contributed by atoms with Gasteiger partial charge in [-0.15, -0.1) is 0 Å². The van der Waals surface area contributed by atoms with E-state index < -0.39 is 11.6 Å². The zero-order chi connectivity index (χ0) is 10.8. The zero-order valence-electron chi connectivity index (χ0n) is 8.19. The monoisotopic (exact) mass is 231 g/mol. The van der Waals surface area contributed by atoms with E-state index in [-0.39, 0.29) is 10.9 Å². The summed E-state index contributed by atoms with van der Waals surface area (Å²) in [7, 11) is 0. The van der Waals surface area contributed by atoms with E-state index in [4.69, 9.17) is 11.6 Å². The van der Waals surface area contributed by atoms with Crippen LogP contribution in [0.2, 0.25) is 5.02 Å². The Morgan fingerprint density at radius 2 is 1.87 bits per heavy atom. The van der Waals surface area contributed by atoms with Crippen LogP contribution in [0, 0.1) is 11.6 Å². The average molecular weight is 232 g/mol. The van der Waals surface area contributed by atoms with Crippen LogP contribution in [0.15, 0.2) is 12.1 Å². The third-order valence-corrected chi connectivity index (χ3v) is 3.20. The van der Waals surface area contributed by atoms with Crippen LogP contribution >= 0.6 is 11.6 Å². The third kappa shape index (κ3) is 2.29. The van der Waals surface area contributed by atoms with Crippen molar-refractivity contribution >= 4 is 11.6 Å². The van der Waals surface area contributed by atoms with Crippen molar-refractivity contribution in [2.24, 2.45) is 0 Å². The first kappa shape index (κ1) is 10.8. The molecule has 1 nitrogen and oxygen atoms in total. The molecule has 0 saturated carbocycles. The molecule has 1 saturated heterocycles. The Kier molecular flexibility index (Phi) is 3.22. The van der Waals surface area contributed by atoms with Gasteiger partial charge in [0.1, 0.15) is 11.6 Å². The van der Waals surface area contributed by atoms with Gasteiger partial charge in [-0.3, -0.25) is 0 Å². The fourth-order valence-corrected chi connectivity index (χ4v) is 2.27. The van der Waals surface area contributed by atoms with Gasteiger partial charge in [0.15, 0.2) is 0 Å². The SMILES string of the molecule is Fc1cc(F)c(Cl)c(C2CCNCC2)c1. The van der Waals surface area contributed by atoms with Crippen LogP contribution in [0.1, 0.15) is 24.3 Å². The summed E-state index contributed by atoms with van der Waals surface area (Å²) in [4.78, 5) is 0. The third-order valence-electron chi connectivity index (χ3n) is 2.80. The molecule has 4 heteroatoms. The summed E-state index contributed by atoms with van der Waals surface area (Å²) in [6, 6.07) is 2.17. The van der Waals surface area contributed by atoms with Crippen molar-refractivity contribution in [2.75, 3.05) is 13.1 Å². The molecule has 15 heavy (non-hydrogen) atoms. The molecular formula is C11H12ClF2N. The molecule has 82 valence electrons. The Morgan fingerprint density at radius 1 is 1.20 bits per heavy atom. The van der Waals surface area contributed by atoms with Gasteiger partial charge in [-0.1, -0.05) is 11.6 Å². The highest BCUT2D eigenvalue weighted by Crippen LogP contribution is 2.33. The maximum Gasteiger partial charge on any atom is 0.144 e. The summed E-state index contributed by atoms with van der Waals surface area (Å²) in [6.45, 7) is 1.75. The van der Waals surface area contributed by atoms with Crippen LogP contribution < -0.4 is 5.32 Å². The fourth-order valence-electron chi connectivity index (χ4n) is 2.01. The number of hydrogen-bond donors (Lipinski definition) is 1. The highest BCUT2D eigenvalue weighted by Gasteiger charge is 2.20. The Balaban J connectivity index is 2.33. The highest BCUT2D eigenvalue weighted by atomic mass is 35.5. The van der Waals surface area contributed by atoms with Crippen molar-refractivity contribution in [3.63, 3.8) is 0 Å². The van der Waals surface area contributed by atoms with Crippen molar-refractivity contribution in [3.05, 3.63) is 34.4 Å². The number of rotatable bonds is 1. The van der Waals surface area contributed by atoms with E-state index in [0.717, 1.165) is 32.0 Å². The summed E-state index contributed by atoms with van der Waals surface area (Å²) in [5, 5.41) is 3.28. The summed E-state index contributed by atoms with van der Waals surface area (Å²) in [6.07, 6.45) is 1.76. The summed E-state index contributed by atoms with van der Waals surface area (Å²) >= 11 is 5.84. The van der Waals surface area contributed by atoms with Crippen molar-refractivity contribution in [3.8, 4) is 0 Å². The standard InChI is InChI=1S/C11H12ClF2N/c12-11-9(5-8(13)6-10(11)14)7-1-3-15-4-2-7/h5-7,15H,1-4H2. The molecule has 0 amide bonds. The summed E-state index contributed by atoms with van der Waals surface area (Å²) in [5.41, 5.74) is 0.607. The fraction of sp³-hybridized carbons (Fsp3) is 0.455. The van der Waals surface area contributed by atoms with Crippen LogP contribution in [-0.4, -0.2) is 13.1 Å². The lowest BCUT2D eigenvalue weighted by atomic mass is 9.90. The largest absolute Gasteiger partial charge is 0.317 e. The first-order chi connectivity index (χ1) is 7.18. The number of benzene rings is 1. The molecule has 2 rings (SSSR count). The minimum absolute atomic E-state index is 0.0725. The number of piperidine rings is 1. The molecule has 1 aromatic rings. The maximum atomic E-state index is 13.2. The van der Waals surface area contributed by atoms with Gasteiger partial charge < -0.3 is 5.32 Å². The first-order valence-electron chi connectivity index (χ1n) is 5.03. The minimum atomic E-state index is -0.662. The van der Waals surface area contributed by atoms with E-state index in [1.54, 1.807) is 0 Å². The summed E-state index contributed by atoms with van der Waals surface area (Å²) in [5.74, 6) is -1.04. The second-order valence-corrected chi connectivity index (χ2v) is 4.19. The first-order valence-corrected chi connectivity index (χ1v) is 5.41. The lowest BCUT2D eigenvalue weighted by molar-refractivity contribution is 0.456. The van der Waals surface area contributed by atoms with E-state index in [1.807, 2.05) is 0 Å². The Bertz CT molecular complexity index is 362. The quantitative estimate of drug-likeness (QED) is 0.733. The van der Waals surface area contributed by atoms with Gasteiger partial charge in [-0.2, -0.15) is 0 Å². The molecule has 1 fully saturated rings. The molecular weight excluding hydrogens is 220 g/mol. The second kappa shape index (κ2) is 4.45. The van der Waals surface area contributed by atoms with Gasteiger partial charge in [0, 0.05) is 6.07 Å². The summed E-state index contributed by atoms with van der Waals surface area (Å²) < 4.78 is 26.3. The molecule has 1 aliphatic rings. The van der Waals surface area contributed by atoms with Crippen LogP contribution in [0.5, 0.6) is 0 Å². The smallest absolute Gasteiger partial charge is 0.144 e. The van der Waals surface area contributed by atoms with E-state index >= 15 is 0 Å². The predicted octanol–water partition coefficient (Wildman–Crippen LogP) is 3.09. The van der Waals surface area contributed by atoms with Crippen molar-refractivity contribution in [2.45, 2.75) is 18.8 Å². The number of hydrogen-bond acceptors (Lipinski definition) is 1. The van der Waals surface area contributed by atoms with Gasteiger partial charge >= 0.3 is 0 Å².